The lowest BCUT2D eigenvalue weighted by Gasteiger charge is -2.17. The number of hydrogen-bond donors (Lipinski definition) is 2. The third kappa shape index (κ3) is 6.42. The highest BCUT2D eigenvalue weighted by molar-refractivity contribution is 5.96. The fourth-order valence-electron chi connectivity index (χ4n) is 2.40. The van der Waals surface area contributed by atoms with Crippen LogP contribution in [0.25, 0.3) is 0 Å². The Labute approximate surface area is 159 Å². The largest absolute Gasteiger partial charge is 0.481 e. The predicted octanol–water partition coefficient (Wildman–Crippen LogP) is 3.17. The van der Waals surface area contributed by atoms with Gasteiger partial charge in [0.05, 0.1) is 6.61 Å². The number of amides is 2. The van der Waals surface area contributed by atoms with Crippen molar-refractivity contribution in [2.24, 2.45) is 0 Å². The van der Waals surface area contributed by atoms with Gasteiger partial charge in [0.2, 0.25) is 0 Å². The average Bonchev–Trinajstić information content (AvgIpc) is 2.68. The van der Waals surface area contributed by atoms with Gasteiger partial charge in [0.15, 0.2) is 6.10 Å². The van der Waals surface area contributed by atoms with Gasteiger partial charge in [0, 0.05) is 24.9 Å². The SMILES string of the molecule is CCC(Oc1ccc(C)cc1)C(=O)Nc1ccc(C(=O)NCCOC)cc1. The fourth-order valence-corrected chi connectivity index (χ4v) is 2.40. The van der Waals surface area contributed by atoms with E-state index in [0.29, 0.717) is 36.6 Å². The molecule has 0 aliphatic carbocycles. The van der Waals surface area contributed by atoms with E-state index < -0.39 is 6.10 Å². The fraction of sp³-hybridized carbons (Fsp3) is 0.333. The Bertz CT molecular complexity index is 742. The van der Waals surface area contributed by atoms with Crippen LogP contribution < -0.4 is 15.4 Å². The van der Waals surface area contributed by atoms with Gasteiger partial charge in [0.1, 0.15) is 5.75 Å². The van der Waals surface area contributed by atoms with E-state index in [1.165, 1.54) is 0 Å². The van der Waals surface area contributed by atoms with Crippen molar-refractivity contribution >= 4 is 17.5 Å². The molecule has 0 aliphatic heterocycles. The highest BCUT2D eigenvalue weighted by atomic mass is 16.5. The number of anilines is 1. The van der Waals surface area contributed by atoms with Crippen LogP contribution in [0, 0.1) is 6.92 Å². The molecule has 1 unspecified atom stereocenters. The zero-order valence-electron chi connectivity index (χ0n) is 16.0. The first kappa shape index (κ1) is 20.5. The van der Waals surface area contributed by atoms with Crippen LogP contribution in [-0.4, -0.2) is 38.2 Å². The molecule has 0 fully saturated rings. The summed E-state index contributed by atoms with van der Waals surface area (Å²) in [4.78, 5) is 24.4. The van der Waals surface area contributed by atoms with Crippen molar-refractivity contribution < 1.29 is 19.1 Å². The number of carbonyl (C=O) groups excluding carboxylic acids is 2. The Hall–Kier alpha value is -2.86. The monoisotopic (exact) mass is 370 g/mol. The molecule has 0 saturated carbocycles. The van der Waals surface area contributed by atoms with Crippen LogP contribution in [-0.2, 0) is 9.53 Å². The number of carbonyl (C=O) groups is 2. The first-order valence-corrected chi connectivity index (χ1v) is 8.95. The summed E-state index contributed by atoms with van der Waals surface area (Å²) in [5, 5.41) is 5.57. The summed E-state index contributed by atoms with van der Waals surface area (Å²) in [6.07, 6.45) is -0.0515. The van der Waals surface area contributed by atoms with Crippen LogP contribution in [0.15, 0.2) is 48.5 Å². The highest BCUT2D eigenvalue weighted by Crippen LogP contribution is 2.16. The van der Waals surface area contributed by atoms with Crippen LogP contribution >= 0.6 is 0 Å². The predicted molar refractivity (Wildman–Crippen MR) is 105 cm³/mol. The molecule has 27 heavy (non-hydrogen) atoms. The van der Waals surface area contributed by atoms with Gasteiger partial charge in [-0.1, -0.05) is 24.6 Å². The first-order chi connectivity index (χ1) is 13.0. The smallest absolute Gasteiger partial charge is 0.265 e. The summed E-state index contributed by atoms with van der Waals surface area (Å²) < 4.78 is 10.7. The number of nitrogens with one attached hydrogen (secondary N) is 2. The van der Waals surface area contributed by atoms with Crippen LogP contribution in [0.4, 0.5) is 5.69 Å². The number of ether oxygens (including phenoxy) is 2. The van der Waals surface area contributed by atoms with E-state index in [4.69, 9.17) is 9.47 Å². The van der Waals surface area contributed by atoms with Gasteiger partial charge in [0.25, 0.3) is 11.8 Å². The number of rotatable bonds is 9. The van der Waals surface area contributed by atoms with Gasteiger partial charge in [-0.05, 0) is 49.7 Å². The lowest BCUT2D eigenvalue weighted by molar-refractivity contribution is -0.122. The molecule has 0 aliphatic rings. The molecule has 1 atom stereocenters. The van der Waals surface area contributed by atoms with E-state index in [1.807, 2.05) is 38.1 Å². The summed E-state index contributed by atoms with van der Waals surface area (Å²) in [7, 11) is 1.58. The van der Waals surface area contributed by atoms with Gasteiger partial charge in [-0.3, -0.25) is 9.59 Å². The second-order valence-corrected chi connectivity index (χ2v) is 6.14. The van der Waals surface area contributed by atoms with Crippen molar-refractivity contribution in [2.75, 3.05) is 25.6 Å². The average molecular weight is 370 g/mol. The Balaban J connectivity index is 1.93. The highest BCUT2D eigenvalue weighted by Gasteiger charge is 2.18. The normalized spacial score (nSPS) is 11.5. The molecule has 6 nitrogen and oxygen atoms in total. The van der Waals surface area contributed by atoms with Crippen molar-refractivity contribution in [3.05, 3.63) is 59.7 Å². The van der Waals surface area contributed by atoms with Crippen molar-refractivity contribution in [1.82, 2.24) is 5.32 Å². The van der Waals surface area contributed by atoms with Crippen molar-refractivity contribution in [1.29, 1.82) is 0 Å². The molecule has 2 aromatic rings. The lowest BCUT2D eigenvalue weighted by atomic mass is 10.2. The van der Waals surface area contributed by atoms with Gasteiger partial charge in [-0.2, -0.15) is 0 Å². The summed E-state index contributed by atoms with van der Waals surface area (Å²) >= 11 is 0. The van der Waals surface area contributed by atoms with E-state index in [0.717, 1.165) is 5.56 Å². The maximum absolute atomic E-state index is 12.5. The quantitative estimate of drug-likeness (QED) is 0.665. The van der Waals surface area contributed by atoms with E-state index in [-0.39, 0.29) is 11.8 Å². The van der Waals surface area contributed by atoms with Crippen LogP contribution in [0.5, 0.6) is 5.75 Å². The summed E-state index contributed by atoms with van der Waals surface area (Å²) in [5.41, 5.74) is 2.26. The Morgan fingerprint density at radius 3 is 2.30 bits per heavy atom. The van der Waals surface area contributed by atoms with E-state index >= 15 is 0 Å². The Morgan fingerprint density at radius 2 is 1.70 bits per heavy atom. The summed E-state index contributed by atoms with van der Waals surface area (Å²) in [5.74, 6) is 0.250. The first-order valence-electron chi connectivity index (χ1n) is 8.95. The molecule has 2 amide bonds. The number of aryl methyl sites for hydroxylation is 1. The molecule has 0 bridgehead atoms. The molecule has 0 radical (unpaired) electrons. The minimum absolute atomic E-state index is 0.181. The molecule has 2 N–H and O–H groups in total. The Morgan fingerprint density at radius 1 is 1.04 bits per heavy atom. The van der Waals surface area contributed by atoms with Crippen LogP contribution in [0.3, 0.4) is 0 Å². The topological polar surface area (TPSA) is 76.7 Å². The molecule has 0 aromatic heterocycles. The maximum atomic E-state index is 12.5. The number of benzene rings is 2. The standard InChI is InChI=1S/C21H26N2O4/c1-4-19(27-18-11-5-15(2)6-12-18)21(25)23-17-9-7-16(8-10-17)20(24)22-13-14-26-3/h5-12,19H,4,13-14H2,1-3H3,(H,22,24)(H,23,25). The molecule has 0 spiro atoms. The van der Waals surface area contributed by atoms with Crippen molar-refractivity contribution in [3.63, 3.8) is 0 Å². The molecular weight excluding hydrogens is 344 g/mol. The zero-order valence-corrected chi connectivity index (χ0v) is 16.0. The van der Waals surface area contributed by atoms with Gasteiger partial charge in [-0.15, -0.1) is 0 Å². The van der Waals surface area contributed by atoms with Gasteiger partial charge < -0.3 is 20.1 Å². The van der Waals surface area contributed by atoms with E-state index in [2.05, 4.69) is 10.6 Å². The summed E-state index contributed by atoms with van der Waals surface area (Å²) in [6.45, 7) is 4.79. The van der Waals surface area contributed by atoms with Crippen molar-refractivity contribution in [3.8, 4) is 5.75 Å². The lowest BCUT2D eigenvalue weighted by Crippen LogP contribution is -2.32. The van der Waals surface area contributed by atoms with Crippen LogP contribution in [0.1, 0.15) is 29.3 Å². The number of methoxy groups -OCH3 is 1. The minimum Gasteiger partial charge on any atom is -0.481 e. The molecule has 0 saturated heterocycles. The van der Waals surface area contributed by atoms with Gasteiger partial charge >= 0.3 is 0 Å². The third-order valence-electron chi connectivity index (χ3n) is 3.97. The summed E-state index contributed by atoms with van der Waals surface area (Å²) in [6, 6.07) is 14.3. The molecular formula is C21H26N2O4. The maximum Gasteiger partial charge on any atom is 0.265 e. The molecule has 0 heterocycles. The number of hydrogen-bond acceptors (Lipinski definition) is 4. The van der Waals surface area contributed by atoms with E-state index in [1.54, 1.807) is 31.4 Å². The second-order valence-electron chi connectivity index (χ2n) is 6.14. The molecule has 2 aromatic carbocycles. The second kappa shape index (κ2) is 10.3. The van der Waals surface area contributed by atoms with Crippen molar-refractivity contribution in [2.45, 2.75) is 26.4 Å². The third-order valence-corrected chi connectivity index (χ3v) is 3.97. The Kier molecular flexibility index (Phi) is 7.82. The molecule has 144 valence electrons. The minimum atomic E-state index is -0.593. The zero-order chi connectivity index (χ0) is 19.6. The molecule has 2 rings (SSSR count). The van der Waals surface area contributed by atoms with Gasteiger partial charge in [-0.25, -0.2) is 0 Å². The molecule has 6 heteroatoms. The van der Waals surface area contributed by atoms with Crippen LogP contribution in [0.2, 0.25) is 0 Å². The van der Waals surface area contributed by atoms with E-state index in [9.17, 15) is 9.59 Å².